The second kappa shape index (κ2) is 13.2. The van der Waals surface area contributed by atoms with Gasteiger partial charge in [0.2, 0.25) is 0 Å². The predicted octanol–water partition coefficient (Wildman–Crippen LogP) is 10.4. The molecule has 4 saturated carbocycles. The number of benzene rings is 1. The van der Waals surface area contributed by atoms with E-state index in [0.29, 0.717) is 29.7 Å². The Bertz CT molecular complexity index is 1700. The first kappa shape index (κ1) is 39.0. The molecule has 1 aromatic carbocycles. The van der Waals surface area contributed by atoms with Crippen LogP contribution in [0.4, 0.5) is 0 Å². The number of hydrogen-bond donors (Lipinski definition) is 1. The molecule has 7 heteroatoms. The molecule has 5 aliphatic rings. The highest BCUT2D eigenvalue weighted by Gasteiger charge is 2.70. The number of ether oxygens (including phenoxy) is 1. The Hall–Kier alpha value is -2.73. The molecular formula is C45H61ClO6. The summed E-state index contributed by atoms with van der Waals surface area (Å²) in [4.78, 5) is 52.1. The van der Waals surface area contributed by atoms with Crippen LogP contribution in [0, 0.1) is 56.2 Å². The Balaban J connectivity index is 1.28. The molecule has 0 aromatic heterocycles. The van der Waals surface area contributed by atoms with E-state index in [4.69, 9.17) is 16.3 Å². The van der Waals surface area contributed by atoms with Crippen LogP contribution in [0.3, 0.4) is 0 Å². The van der Waals surface area contributed by atoms with Gasteiger partial charge in [0.15, 0.2) is 11.6 Å². The Morgan fingerprint density at radius 2 is 1.60 bits per heavy atom. The third-order valence-electron chi connectivity index (χ3n) is 15.7. The van der Waals surface area contributed by atoms with E-state index in [9.17, 15) is 24.3 Å². The zero-order valence-corrected chi connectivity index (χ0v) is 33.8. The van der Waals surface area contributed by atoms with Gasteiger partial charge in [-0.1, -0.05) is 78.3 Å². The minimum atomic E-state index is -1.17. The minimum Gasteiger partial charge on any atom is -0.481 e. The molecule has 0 heterocycles. The topological polar surface area (TPSA) is 97.7 Å². The zero-order chi connectivity index (χ0) is 38.2. The molecule has 1 aromatic rings. The molecule has 6 rings (SSSR count). The van der Waals surface area contributed by atoms with Crippen LogP contribution in [0.2, 0.25) is 5.02 Å². The van der Waals surface area contributed by atoms with Gasteiger partial charge in [-0.25, -0.2) is 0 Å². The van der Waals surface area contributed by atoms with E-state index in [-0.39, 0.29) is 57.6 Å². The van der Waals surface area contributed by atoms with Crippen molar-refractivity contribution in [1.82, 2.24) is 0 Å². The van der Waals surface area contributed by atoms with E-state index in [1.807, 2.05) is 24.3 Å². The molecule has 0 amide bonds. The average molecular weight is 733 g/mol. The minimum absolute atomic E-state index is 0.00448. The van der Waals surface area contributed by atoms with E-state index in [2.05, 4.69) is 54.5 Å². The standard InChI is InChI=1S/C45H61ClO6/c1-27(2)37-32(48)25-45(21-16-30(47)24-28-10-12-29(46)13-11-28)23-22-43(8)31(38(37)45)14-15-34-42(7)19-18-35(52-36(49)26-40(3,4)39(50)51)41(5,6)33(42)17-20-44(34,43)9/h10-13,16,21,27,31,33-35H,14-15,17-20,22-26H2,1-9H3,(H,50,51)/b21-16+/t31-,33+,34-,35+,42+,43-,44-,45+/m1/s1. The second-order valence-electron chi connectivity index (χ2n) is 19.7. The van der Waals surface area contributed by atoms with Crippen molar-refractivity contribution in [2.24, 2.45) is 56.2 Å². The first-order chi connectivity index (χ1) is 24.1. The summed E-state index contributed by atoms with van der Waals surface area (Å²) in [6.07, 6.45) is 12.2. The second-order valence-corrected chi connectivity index (χ2v) is 20.1. The maximum Gasteiger partial charge on any atom is 0.309 e. The molecule has 0 saturated heterocycles. The predicted molar refractivity (Wildman–Crippen MR) is 205 cm³/mol. The molecule has 284 valence electrons. The molecule has 52 heavy (non-hydrogen) atoms. The van der Waals surface area contributed by atoms with Gasteiger partial charge in [0.1, 0.15) is 6.10 Å². The van der Waals surface area contributed by atoms with Crippen LogP contribution in [-0.2, 0) is 30.3 Å². The zero-order valence-electron chi connectivity index (χ0n) is 33.0. The van der Waals surface area contributed by atoms with Crippen molar-refractivity contribution in [3.63, 3.8) is 0 Å². The molecule has 8 atom stereocenters. The van der Waals surface area contributed by atoms with Crippen molar-refractivity contribution in [2.45, 2.75) is 139 Å². The fourth-order valence-electron chi connectivity index (χ4n) is 12.8. The van der Waals surface area contributed by atoms with Crippen LogP contribution >= 0.6 is 11.6 Å². The van der Waals surface area contributed by atoms with Gasteiger partial charge in [-0.2, -0.15) is 0 Å². The maximum absolute atomic E-state index is 14.0. The number of halogens is 1. The summed E-state index contributed by atoms with van der Waals surface area (Å²) >= 11 is 6.08. The van der Waals surface area contributed by atoms with Gasteiger partial charge in [0, 0.05) is 28.7 Å². The summed E-state index contributed by atoms with van der Waals surface area (Å²) in [5.74, 6) is 0.162. The van der Waals surface area contributed by atoms with Gasteiger partial charge < -0.3 is 9.84 Å². The van der Waals surface area contributed by atoms with Crippen LogP contribution < -0.4 is 0 Å². The number of ketones is 2. The first-order valence-corrected chi connectivity index (χ1v) is 20.2. The number of hydrogen-bond acceptors (Lipinski definition) is 5. The van der Waals surface area contributed by atoms with E-state index < -0.39 is 22.8 Å². The number of carbonyl (C=O) groups excluding carboxylic acids is 3. The molecule has 0 bridgehead atoms. The SMILES string of the molecule is CC(C)C1=C2[C@H]3CC[C@@H]4[C@@]5(C)CC[C@H](OC(=O)CC(C)(C)C(=O)O)C(C)(C)[C@@H]5CC[C@@]4(C)[C@]3(C)CC[C@@]2(/C=C/C(=O)Cc2ccc(Cl)cc2)CC1=O. The largest absolute Gasteiger partial charge is 0.481 e. The van der Waals surface area contributed by atoms with Crippen molar-refractivity contribution in [3.05, 3.63) is 58.1 Å². The smallest absolute Gasteiger partial charge is 0.309 e. The highest BCUT2D eigenvalue weighted by atomic mass is 35.5. The highest BCUT2D eigenvalue weighted by molar-refractivity contribution is 6.30. The quantitative estimate of drug-likeness (QED) is 0.200. The first-order valence-electron chi connectivity index (χ1n) is 19.8. The molecule has 0 unspecified atom stereocenters. The van der Waals surface area contributed by atoms with Gasteiger partial charge in [0.05, 0.1) is 11.8 Å². The number of aliphatic carboxylic acids is 1. The molecular weight excluding hydrogens is 672 g/mol. The lowest BCUT2D eigenvalue weighted by atomic mass is 9.33. The fourth-order valence-corrected chi connectivity index (χ4v) is 12.9. The van der Waals surface area contributed by atoms with E-state index in [0.717, 1.165) is 62.5 Å². The molecule has 4 fully saturated rings. The van der Waals surface area contributed by atoms with Crippen LogP contribution in [0.1, 0.15) is 132 Å². The number of allylic oxidation sites excluding steroid dienone is 4. The number of carboxylic acids is 1. The third kappa shape index (κ3) is 6.15. The molecule has 5 aliphatic carbocycles. The van der Waals surface area contributed by atoms with Crippen LogP contribution in [0.5, 0.6) is 0 Å². The summed E-state index contributed by atoms with van der Waals surface area (Å²) < 4.78 is 6.16. The van der Waals surface area contributed by atoms with Gasteiger partial charge >= 0.3 is 11.9 Å². The normalized spacial score (nSPS) is 36.9. The lowest BCUT2D eigenvalue weighted by Gasteiger charge is -2.72. The summed E-state index contributed by atoms with van der Waals surface area (Å²) in [5, 5.41) is 10.3. The third-order valence-corrected chi connectivity index (χ3v) is 16.0. The molecule has 1 N–H and O–H groups in total. The average Bonchev–Trinajstić information content (AvgIpc) is 3.35. The van der Waals surface area contributed by atoms with Gasteiger partial charge in [0.25, 0.3) is 0 Å². The van der Waals surface area contributed by atoms with Crippen LogP contribution in [-0.4, -0.2) is 34.7 Å². The van der Waals surface area contributed by atoms with Crippen molar-refractivity contribution in [3.8, 4) is 0 Å². The fraction of sp³-hybridized carbons (Fsp3) is 0.689. The van der Waals surface area contributed by atoms with Crippen LogP contribution in [0.25, 0.3) is 0 Å². The number of rotatable bonds is 9. The van der Waals surface area contributed by atoms with E-state index in [1.54, 1.807) is 19.9 Å². The number of fused-ring (bicyclic) bond motifs is 7. The maximum atomic E-state index is 14.0. The molecule has 0 aliphatic heterocycles. The summed E-state index contributed by atoms with van der Waals surface area (Å²) in [6, 6.07) is 7.43. The Morgan fingerprint density at radius 3 is 2.23 bits per heavy atom. The van der Waals surface area contributed by atoms with Crippen molar-refractivity contribution in [2.75, 3.05) is 0 Å². The Morgan fingerprint density at radius 1 is 0.923 bits per heavy atom. The van der Waals surface area contributed by atoms with Gasteiger partial charge in [-0.3, -0.25) is 19.2 Å². The molecule has 0 spiro atoms. The number of esters is 1. The molecule has 0 radical (unpaired) electrons. The van der Waals surface area contributed by atoms with Gasteiger partial charge in [-0.15, -0.1) is 0 Å². The van der Waals surface area contributed by atoms with Gasteiger partial charge in [-0.05, 0) is 140 Å². The summed E-state index contributed by atoms with van der Waals surface area (Å²) in [7, 11) is 0. The summed E-state index contributed by atoms with van der Waals surface area (Å²) in [5.41, 5.74) is 1.60. The van der Waals surface area contributed by atoms with Crippen molar-refractivity contribution in [1.29, 1.82) is 0 Å². The van der Waals surface area contributed by atoms with E-state index >= 15 is 0 Å². The Kier molecular flexibility index (Phi) is 9.92. The van der Waals surface area contributed by atoms with E-state index in [1.165, 1.54) is 5.57 Å². The number of Topliss-reactive ketones (excluding diaryl/α,β-unsaturated/α-hetero) is 1. The van der Waals surface area contributed by atoms with Crippen molar-refractivity contribution >= 4 is 35.1 Å². The van der Waals surface area contributed by atoms with Crippen LogP contribution in [0.15, 0.2) is 47.6 Å². The molecule has 6 nitrogen and oxygen atoms in total. The monoisotopic (exact) mass is 732 g/mol. The van der Waals surface area contributed by atoms with Crippen molar-refractivity contribution < 1.29 is 29.0 Å². The summed E-state index contributed by atoms with van der Waals surface area (Å²) in [6.45, 7) is 19.6. The number of carbonyl (C=O) groups is 4. The highest BCUT2D eigenvalue weighted by Crippen LogP contribution is 2.77. The number of carboxylic acid groups (broad SMARTS) is 1. The lowest BCUT2D eigenvalue weighted by Crippen LogP contribution is -2.65. The lowest BCUT2D eigenvalue weighted by molar-refractivity contribution is -0.232. The Labute approximate surface area is 316 Å².